The maximum absolute atomic E-state index is 8.64. The first-order valence-electron chi connectivity index (χ1n) is 7.51. The molecule has 5 heteroatoms. The molecule has 1 aliphatic carbocycles. The van der Waals surface area contributed by atoms with E-state index in [-0.39, 0.29) is 5.84 Å². The van der Waals surface area contributed by atoms with Crippen molar-refractivity contribution in [2.24, 2.45) is 10.9 Å². The van der Waals surface area contributed by atoms with Crippen molar-refractivity contribution in [2.45, 2.75) is 32.2 Å². The van der Waals surface area contributed by atoms with Gasteiger partial charge in [-0.2, -0.15) is 0 Å². The molecule has 0 bridgehead atoms. The number of amidine groups is 1. The van der Waals surface area contributed by atoms with E-state index in [0.29, 0.717) is 13.0 Å². The van der Waals surface area contributed by atoms with Crippen molar-refractivity contribution in [1.29, 1.82) is 0 Å². The van der Waals surface area contributed by atoms with E-state index < -0.39 is 0 Å². The summed E-state index contributed by atoms with van der Waals surface area (Å²) in [4.78, 5) is 2.28. The zero-order chi connectivity index (χ0) is 15.1. The van der Waals surface area contributed by atoms with E-state index in [1.54, 1.807) is 7.11 Å². The van der Waals surface area contributed by atoms with Crippen molar-refractivity contribution >= 4 is 5.84 Å². The number of rotatable bonds is 8. The minimum absolute atomic E-state index is 0.270. The normalized spacial score (nSPS) is 14.7. The highest BCUT2D eigenvalue weighted by molar-refractivity contribution is 5.79. The fourth-order valence-electron chi connectivity index (χ4n) is 2.79. The molecule has 2 rings (SSSR count). The summed E-state index contributed by atoms with van der Waals surface area (Å²) in [6, 6.07) is 6.80. The Balaban J connectivity index is 1.96. The van der Waals surface area contributed by atoms with Gasteiger partial charge in [0.15, 0.2) is 0 Å². The van der Waals surface area contributed by atoms with Crippen molar-refractivity contribution in [3.63, 3.8) is 0 Å². The molecule has 0 aromatic heterocycles. The van der Waals surface area contributed by atoms with Gasteiger partial charge in [-0.1, -0.05) is 23.4 Å². The summed E-state index contributed by atoms with van der Waals surface area (Å²) in [6.45, 7) is 3.15. The number of hydrogen-bond acceptors (Lipinski definition) is 4. The lowest BCUT2D eigenvalue weighted by Crippen LogP contribution is -2.30. The number of oxime groups is 1. The molecule has 0 heterocycles. The molecular formula is C16H25N3O2. The van der Waals surface area contributed by atoms with Gasteiger partial charge in [0.05, 0.1) is 6.61 Å². The number of hydrogen-bond donors (Lipinski definition) is 2. The molecule has 0 aliphatic heterocycles. The molecule has 0 saturated heterocycles. The molecule has 0 unspecified atom stereocenters. The van der Waals surface area contributed by atoms with Crippen LogP contribution in [0.1, 0.15) is 29.5 Å². The van der Waals surface area contributed by atoms with E-state index in [4.69, 9.17) is 15.7 Å². The number of fused-ring (bicyclic) bond motifs is 1. The summed E-state index contributed by atoms with van der Waals surface area (Å²) in [6.07, 6.45) is 4.25. The molecule has 5 nitrogen and oxygen atoms in total. The molecule has 3 N–H and O–H groups in total. The maximum atomic E-state index is 8.64. The first kappa shape index (κ1) is 15.8. The van der Waals surface area contributed by atoms with Gasteiger partial charge in [-0.25, -0.2) is 0 Å². The van der Waals surface area contributed by atoms with Crippen molar-refractivity contribution in [1.82, 2.24) is 4.90 Å². The van der Waals surface area contributed by atoms with Crippen LogP contribution in [0.4, 0.5) is 0 Å². The van der Waals surface area contributed by atoms with Crippen molar-refractivity contribution in [2.75, 3.05) is 26.8 Å². The van der Waals surface area contributed by atoms with Gasteiger partial charge in [-0.15, -0.1) is 0 Å². The van der Waals surface area contributed by atoms with Crippen LogP contribution in [0.25, 0.3) is 0 Å². The fraction of sp³-hybridized carbons (Fsp3) is 0.562. The van der Waals surface area contributed by atoms with Gasteiger partial charge in [-0.05, 0) is 36.0 Å². The Hall–Kier alpha value is -1.59. The van der Waals surface area contributed by atoms with E-state index in [1.165, 1.54) is 36.0 Å². The van der Waals surface area contributed by atoms with Gasteiger partial charge >= 0.3 is 0 Å². The van der Waals surface area contributed by atoms with Crippen LogP contribution in [0.2, 0.25) is 0 Å². The Morgan fingerprint density at radius 1 is 1.33 bits per heavy atom. The molecule has 1 aliphatic rings. The number of nitrogens with two attached hydrogens (primary N) is 1. The van der Waals surface area contributed by atoms with Crippen LogP contribution < -0.4 is 5.73 Å². The largest absolute Gasteiger partial charge is 0.409 e. The Labute approximate surface area is 126 Å². The number of aryl methyl sites for hydroxylation is 2. The van der Waals surface area contributed by atoms with Crippen LogP contribution >= 0.6 is 0 Å². The molecule has 1 aromatic rings. The van der Waals surface area contributed by atoms with Gasteiger partial charge in [-0.3, -0.25) is 4.90 Å². The van der Waals surface area contributed by atoms with Crippen LogP contribution in [0.3, 0.4) is 0 Å². The smallest absolute Gasteiger partial charge is 0.140 e. The number of ether oxygens (including phenoxy) is 1. The van der Waals surface area contributed by atoms with E-state index in [0.717, 1.165) is 19.6 Å². The third kappa shape index (κ3) is 4.72. The SMILES string of the molecule is COCCN(CCC(N)=NO)Cc1ccc2c(c1)CCC2. The second-order valence-electron chi connectivity index (χ2n) is 5.57. The molecule has 0 atom stereocenters. The summed E-state index contributed by atoms with van der Waals surface area (Å²) in [7, 11) is 1.71. The van der Waals surface area contributed by atoms with Gasteiger partial charge in [0.2, 0.25) is 0 Å². The van der Waals surface area contributed by atoms with Crippen molar-refractivity contribution in [3.05, 3.63) is 34.9 Å². The predicted octanol–water partition coefficient (Wildman–Crippen LogP) is 1.76. The van der Waals surface area contributed by atoms with Crippen LogP contribution in [-0.2, 0) is 24.1 Å². The van der Waals surface area contributed by atoms with Gasteiger partial charge in [0.25, 0.3) is 0 Å². The quantitative estimate of drug-likeness (QED) is 0.331. The Bertz CT molecular complexity index is 488. The van der Waals surface area contributed by atoms with Crippen molar-refractivity contribution in [3.8, 4) is 0 Å². The maximum Gasteiger partial charge on any atom is 0.140 e. The van der Waals surface area contributed by atoms with Gasteiger partial charge < -0.3 is 15.7 Å². The molecule has 21 heavy (non-hydrogen) atoms. The van der Waals surface area contributed by atoms with Gasteiger partial charge in [0, 0.05) is 33.2 Å². The van der Waals surface area contributed by atoms with Crippen LogP contribution in [0, 0.1) is 0 Å². The molecule has 1 aromatic carbocycles. The fourth-order valence-corrected chi connectivity index (χ4v) is 2.79. The molecule has 0 fully saturated rings. The van der Waals surface area contributed by atoms with Crippen LogP contribution in [0.15, 0.2) is 23.4 Å². The summed E-state index contributed by atoms with van der Waals surface area (Å²) in [5.74, 6) is 0.270. The highest BCUT2D eigenvalue weighted by atomic mass is 16.5. The third-order valence-electron chi connectivity index (χ3n) is 3.99. The first-order chi connectivity index (χ1) is 10.2. The second kappa shape index (κ2) is 8.00. The molecule has 0 spiro atoms. The molecular weight excluding hydrogens is 266 g/mol. The predicted molar refractivity (Wildman–Crippen MR) is 83.6 cm³/mol. The molecule has 0 saturated carbocycles. The average molecular weight is 291 g/mol. The van der Waals surface area contributed by atoms with Crippen LogP contribution in [0.5, 0.6) is 0 Å². The highest BCUT2D eigenvalue weighted by Crippen LogP contribution is 2.23. The lowest BCUT2D eigenvalue weighted by Gasteiger charge is -2.22. The molecule has 0 amide bonds. The molecule has 0 radical (unpaired) electrons. The average Bonchev–Trinajstić information content (AvgIpc) is 2.97. The Morgan fingerprint density at radius 2 is 2.14 bits per heavy atom. The molecule has 116 valence electrons. The highest BCUT2D eigenvalue weighted by Gasteiger charge is 2.13. The lowest BCUT2D eigenvalue weighted by atomic mass is 10.1. The van der Waals surface area contributed by atoms with E-state index in [2.05, 4.69) is 28.3 Å². The zero-order valence-electron chi connectivity index (χ0n) is 12.7. The summed E-state index contributed by atoms with van der Waals surface area (Å²) in [5, 5.41) is 11.7. The number of methoxy groups -OCH3 is 1. The Kier molecular flexibility index (Phi) is 6.02. The van der Waals surface area contributed by atoms with Crippen LogP contribution in [-0.4, -0.2) is 42.7 Å². The van der Waals surface area contributed by atoms with E-state index in [9.17, 15) is 0 Å². The van der Waals surface area contributed by atoms with Crippen molar-refractivity contribution < 1.29 is 9.94 Å². The lowest BCUT2D eigenvalue weighted by molar-refractivity contribution is 0.145. The number of nitrogens with zero attached hydrogens (tertiary/aromatic N) is 2. The monoisotopic (exact) mass is 291 g/mol. The number of benzene rings is 1. The Morgan fingerprint density at radius 3 is 2.90 bits per heavy atom. The minimum Gasteiger partial charge on any atom is -0.409 e. The second-order valence-corrected chi connectivity index (χ2v) is 5.57. The summed E-state index contributed by atoms with van der Waals surface area (Å²) >= 11 is 0. The standard InChI is InChI=1S/C16H25N3O2/c1-21-10-9-19(8-7-16(17)18-20)12-13-5-6-14-3-2-4-15(14)11-13/h5-6,11,20H,2-4,7-10,12H2,1H3,(H2,17,18). The topological polar surface area (TPSA) is 71.1 Å². The van der Waals surface area contributed by atoms with E-state index in [1.807, 2.05) is 0 Å². The zero-order valence-corrected chi connectivity index (χ0v) is 12.7. The van der Waals surface area contributed by atoms with E-state index >= 15 is 0 Å². The van der Waals surface area contributed by atoms with Gasteiger partial charge in [0.1, 0.15) is 5.84 Å². The minimum atomic E-state index is 0.270. The summed E-state index contributed by atoms with van der Waals surface area (Å²) < 4.78 is 5.16. The summed E-state index contributed by atoms with van der Waals surface area (Å²) in [5.41, 5.74) is 9.88. The third-order valence-corrected chi connectivity index (χ3v) is 3.99. The first-order valence-corrected chi connectivity index (χ1v) is 7.51.